The highest BCUT2D eigenvalue weighted by atomic mass is 16.5. The maximum Gasteiger partial charge on any atom is 0.244 e. The van der Waals surface area contributed by atoms with Crippen LogP contribution in [0.5, 0.6) is 11.5 Å². The van der Waals surface area contributed by atoms with E-state index in [0.29, 0.717) is 12.3 Å². The van der Waals surface area contributed by atoms with E-state index in [0.717, 1.165) is 49.9 Å². The molecule has 180 valence electrons. The van der Waals surface area contributed by atoms with Crippen molar-refractivity contribution >= 4 is 33.2 Å². The maximum absolute atomic E-state index is 12.8. The minimum Gasteiger partial charge on any atom is -0.496 e. The summed E-state index contributed by atoms with van der Waals surface area (Å²) in [6, 6.07) is 26.1. The molecule has 0 atom stereocenters. The lowest BCUT2D eigenvalue weighted by Gasteiger charge is -2.11. The van der Waals surface area contributed by atoms with Crippen molar-refractivity contribution in [3.05, 3.63) is 102 Å². The highest BCUT2D eigenvalue weighted by Crippen LogP contribution is 2.39. The van der Waals surface area contributed by atoms with Crippen molar-refractivity contribution in [1.29, 1.82) is 0 Å². The van der Waals surface area contributed by atoms with Crippen LogP contribution in [0.3, 0.4) is 0 Å². The lowest BCUT2D eigenvalue weighted by molar-refractivity contribution is -0.116. The van der Waals surface area contributed by atoms with Crippen LogP contribution in [-0.4, -0.2) is 20.1 Å². The third kappa shape index (κ3) is 4.43. The van der Waals surface area contributed by atoms with E-state index in [4.69, 9.17) is 13.9 Å². The lowest BCUT2D eigenvalue weighted by Crippen LogP contribution is -2.21. The normalized spacial score (nSPS) is 11.6. The van der Waals surface area contributed by atoms with Crippen molar-refractivity contribution < 1.29 is 18.7 Å². The Morgan fingerprint density at radius 2 is 1.61 bits per heavy atom. The number of ether oxygens (including phenoxy) is 2. The number of hydrogen-bond acceptors (Lipinski definition) is 4. The molecule has 0 aliphatic carbocycles. The number of para-hydroxylation sites is 1. The van der Waals surface area contributed by atoms with Gasteiger partial charge >= 0.3 is 0 Å². The number of allylic oxidation sites excluding steroid dienone is 1. The Balaban J connectivity index is 1.49. The third-order valence-corrected chi connectivity index (χ3v) is 6.39. The van der Waals surface area contributed by atoms with Crippen molar-refractivity contribution in [2.24, 2.45) is 0 Å². The predicted molar refractivity (Wildman–Crippen MR) is 144 cm³/mol. The number of hydrogen-bond donors (Lipinski definition) is 1. The van der Waals surface area contributed by atoms with Crippen LogP contribution in [-0.2, 0) is 11.3 Å². The van der Waals surface area contributed by atoms with Crippen LogP contribution >= 0.6 is 0 Å². The SMILES string of the molecule is COc1ccccc1CNC(=O)/C=C(\C)c1cc2c(-c3cccc4ccccc34)coc2cc1OC. The summed E-state index contributed by atoms with van der Waals surface area (Å²) >= 11 is 0. The van der Waals surface area contributed by atoms with Gasteiger partial charge in [0.05, 0.1) is 20.5 Å². The van der Waals surface area contributed by atoms with E-state index < -0.39 is 0 Å². The number of methoxy groups -OCH3 is 2. The van der Waals surface area contributed by atoms with E-state index in [1.807, 2.05) is 55.5 Å². The first-order valence-electron chi connectivity index (χ1n) is 11.7. The van der Waals surface area contributed by atoms with Crippen LogP contribution < -0.4 is 14.8 Å². The first kappa shape index (κ1) is 23.2. The lowest BCUT2D eigenvalue weighted by atomic mass is 9.96. The Labute approximate surface area is 210 Å². The number of carbonyl (C=O) groups excluding carboxylic acids is 1. The topological polar surface area (TPSA) is 60.7 Å². The quantitative estimate of drug-likeness (QED) is 0.257. The van der Waals surface area contributed by atoms with E-state index in [2.05, 4.69) is 35.6 Å². The van der Waals surface area contributed by atoms with Gasteiger partial charge in [-0.3, -0.25) is 4.79 Å². The monoisotopic (exact) mass is 477 g/mol. The summed E-state index contributed by atoms with van der Waals surface area (Å²) in [5.41, 5.74) is 5.36. The molecule has 1 heterocycles. The summed E-state index contributed by atoms with van der Waals surface area (Å²) in [5, 5.41) is 6.23. The van der Waals surface area contributed by atoms with Crippen molar-refractivity contribution in [1.82, 2.24) is 5.32 Å². The van der Waals surface area contributed by atoms with Gasteiger partial charge in [-0.1, -0.05) is 60.7 Å². The zero-order chi connectivity index (χ0) is 25.1. The molecule has 0 saturated carbocycles. The molecule has 1 aromatic heterocycles. The van der Waals surface area contributed by atoms with Crippen LogP contribution in [0.2, 0.25) is 0 Å². The number of rotatable bonds is 7. The van der Waals surface area contributed by atoms with Crippen molar-refractivity contribution in [2.75, 3.05) is 14.2 Å². The molecule has 36 heavy (non-hydrogen) atoms. The van der Waals surface area contributed by atoms with Gasteiger partial charge < -0.3 is 19.2 Å². The minimum atomic E-state index is -0.193. The standard InChI is InChI=1S/C31H27NO4/c1-20(15-31(33)32-18-22-10-5-7-14-28(22)34-2)25-16-26-27(19-36-30(26)17-29(25)35-3)24-13-8-11-21-9-4-6-12-23(21)24/h4-17,19H,18H2,1-3H3,(H,32,33)/b20-15+. The Kier molecular flexibility index (Phi) is 6.46. The molecule has 5 nitrogen and oxygen atoms in total. The molecular formula is C31H27NO4. The molecule has 4 aromatic carbocycles. The van der Waals surface area contributed by atoms with Crippen LogP contribution in [0.4, 0.5) is 0 Å². The van der Waals surface area contributed by atoms with Crippen LogP contribution in [0.15, 0.2) is 95.6 Å². The number of fused-ring (bicyclic) bond motifs is 2. The summed E-state index contributed by atoms with van der Waals surface area (Å²) in [4.78, 5) is 12.8. The second-order valence-corrected chi connectivity index (χ2v) is 8.58. The highest BCUT2D eigenvalue weighted by molar-refractivity contribution is 6.06. The molecule has 0 bridgehead atoms. The molecule has 0 unspecified atom stereocenters. The smallest absolute Gasteiger partial charge is 0.244 e. The van der Waals surface area contributed by atoms with Crippen molar-refractivity contribution in [3.8, 4) is 22.6 Å². The van der Waals surface area contributed by atoms with Gasteiger partial charge in [0.25, 0.3) is 0 Å². The molecule has 0 saturated heterocycles. The van der Waals surface area contributed by atoms with Gasteiger partial charge in [0, 0.05) is 40.8 Å². The zero-order valence-electron chi connectivity index (χ0n) is 20.5. The van der Waals surface area contributed by atoms with Crippen LogP contribution in [0, 0.1) is 0 Å². The summed E-state index contributed by atoms with van der Waals surface area (Å²) in [6.07, 6.45) is 3.38. The molecule has 0 aliphatic heterocycles. The zero-order valence-corrected chi connectivity index (χ0v) is 20.5. The summed E-state index contributed by atoms with van der Waals surface area (Å²) in [5.74, 6) is 1.20. The molecule has 1 amide bonds. The molecule has 5 aromatic rings. The van der Waals surface area contributed by atoms with Gasteiger partial charge in [-0.15, -0.1) is 0 Å². The van der Waals surface area contributed by atoms with E-state index in [1.54, 1.807) is 26.6 Å². The van der Waals surface area contributed by atoms with Gasteiger partial charge in [-0.05, 0) is 41.0 Å². The van der Waals surface area contributed by atoms with E-state index >= 15 is 0 Å². The fourth-order valence-electron chi connectivity index (χ4n) is 4.56. The molecule has 0 fully saturated rings. The Bertz CT molecular complexity index is 1590. The van der Waals surface area contributed by atoms with Gasteiger partial charge in [-0.25, -0.2) is 0 Å². The molecule has 5 rings (SSSR count). The number of carbonyl (C=O) groups is 1. The number of nitrogens with one attached hydrogen (secondary N) is 1. The molecule has 0 spiro atoms. The third-order valence-electron chi connectivity index (χ3n) is 6.39. The van der Waals surface area contributed by atoms with Crippen molar-refractivity contribution in [2.45, 2.75) is 13.5 Å². The summed E-state index contributed by atoms with van der Waals surface area (Å²) in [7, 11) is 3.24. The van der Waals surface area contributed by atoms with Gasteiger partial charge in [0.1, 0.15) is 17.1 Å². The summed E-state index contributed by atoms with van der Waals surface area (Å²) in [6.45, 7) is 2.28. The fourth-order valence-corrected chi connectivity index (χ4v) is 4.56. The van der Waals surface area contributed by atoms with Crippen LogP contribution in [0.1, 0.15) is 18.1 Å². The van der Waals surface area contributed by atoms with Crippen LogP contribution in [0.25, 0.3) is 38.4 Å². The van der Waals surface area contributed by atoms with Gasteiger partial charge in [0.2, 0.25) is 5.91 Å². The van der Waals surface area contributed by atoms with E-state index in [9.17, 15) is 4.79 Å². The highest BCUT2D eigenvalue weighted by Gasteiger charge is 2.16. The Morgan fingerprint density at radius 1 is 0.861 bits per heavy atom. The number of furan rings is 1. The summed E-state index contributed by atoms with van der Waals surface area (Å²) < 4.78 is 17.0. The fraction of sp³-hybridized carbons (Fsp3) is 0.129. The van der Waals surface area contributed by atoms with Gasteiger partial charge in [0.15, 0.2) is 0 Å². The largest absolute Gasteiger partial charge is 0.496 e. The molecule has 1 N–H and O–H groups in total. The molecular weight excluding hydrogens is 450 g/mol. The molecule has 5 heteroatoms. The molecule has 0 aliphatic rings. The molecule has 0 radical (unpaired) electrons. The average molecular weight is 478 g/mol. The first-order chi connectivity index (χ1) is 17.6. The van der Waals surface area contributed by atoms with E-state index in [-0.39, 0.29) is 5.91 Å². The van der Waals surface area contributed by atoms with E-state index in [1.165, 1.54) is 5.39 Å². The predicted octanol–water partition coefficient (Wildman–Crippen LogP) is 6.99. The minimum absolute atomic E-state index is 0.193. The second kappa shape index (κ2) is 10.0. The number of amides is 1. The maximum atomic E-state index is 12.8. The average Bonchev–Trinajstić information content (AvgIpc) is 3.33. The second-order valence-electron chi connectivity index (χ2n) is 8.58. The van der Waals surface area contributed by atoms with Crippen molar-refractivity contribution in [3.63, 3.8) is 0 Å². The Morgan fingerprint density at radius 3 is 2.44 bits per heavy atom. The van der Waals surface area contributed by atoms with Gasteiger partial charge in [-0.2, -0.15) is 0 Å². The first-order valence-corrected chi connectivity index (χ1v) is 11.7. The Hall–Kier alpha value is -4.51. The number of benzene rings is 4.